The summed E-state index contributed by atoms with van der Waals surface area (Å²) in [5.41, 5.74) is 1.66. The third-order valence-electron chi connectivity index (χ3n) is 3.88. The van der Waals surface area contributed by atoms with E-state index in [1.807, 2.05) is 13.0 Å². The van der Waals surface area contributed by atoms with Crippen LogP contribution < -0.4 is 4.90 Å². The molecule has 2 aromatic carbocycles. The van der Waals surface area contributed by atoms with Crippen LogP contribution in [0.5, 0.6) is 0 Å². The van der Waals surface area contributed by atoms with E-state index in [0.717, 1.165) is 23.7 Å². The van der Waals surface area contributed by atoms with Gasteiger partial charge in [0.1, 0.15) is 0 Å². The summed E-state index contributed by atoms with van der Waals surface area (Å²) >= 11 is 1.15. The van der Waals surface area contributed by atoms with Crippen molar-refractivity contribution in [2.24, 2.45) is 4.40 Å². The fourth-order valence-electron chi connectivity index (χ4n) is 2.47. The molecular weight excluding hydrogens is 356 g/mol. The molecule has 7 heteroatoms. The SMILES string of the molecule is CCc1ccc(S(=O)(=O)N=C2S[C@H](C)C(=O)N2c2ccccc2)cc1. The highest BCUT2D eigenvalue weighted by Gasteiger charge is 2.37. The molecule has 1 aliphatic rings. The van der Waals surface area contributed by atoms with Crippen LogP contribution in [-0.4, -0.2) is 24.7 Å². The van der Waals surface area contributed by atoms with Crippen molar-refractivity contribution in [2.45, 2.75) is 30.4 Å². The molecule has 130 valence electrons. The summed E-state index contributed by atoms with van der Waals surface area (Å²) in [6, 6.07) is 15.6. The number of carbonyl (C=O) groups excluding carboxylic acids is 1. The summed E-state index contributed by atoms with van der Waals surface area (Å²) in [6.45, 7) is 3.75. The van der Waals surface area contributed by atoms with E-state index in [1.54, 1.807) is 55.5 Å². The first-order valence-corrected chi connectivity index (χ1v) is 10.2. The molecule has 1 saturated heterocycles. The molecule has 0 radical (unpaired) electrons. The predicted molar refractivity (Wildman–Crippen MR) is 101 cm³/mol. The van der Waals surface area contributed by atoms with Crippen LogP contribution in [0.3, 0.4) is 0 Å². The van der Waals surface area contributed by atoms with Crippen molar-refractivity contribution in [3.8, 4) is 0 Å². The number of para-hydroxylation sites is 1. The van der Waals surface area contributed by atoms with E-state index in [9.17, 15) is 13.2 Å². The van der Waals surface area contributed by atoms with Gasteiger partial charge in [-0.15, -0.1) is 4.40 Å². The van der Waals surface area contributed by atoms with Gasteiger partial charge in [-0.2, -0.15) is 8.42 Å². The number of anilines is 1. The van der Waals surface area contributed by atoms with E-state index >= 15 is 0 Å². The molecule has 1 atom stereocenters. The van der Waals surface area contributed by atoms with Crippen molar-refractivity contribution in [3.05, 3.63) is 60.2 Å². The van der Waals surface area contributed by atoms with Gasteiger partial charge in [0.15, 0.2) is 5.17 Å². The Hall–Kier alpha value is -2.12. The van der Waals surface area contributed by atoms with Crippen LogP contribution in [0, 0.1) is 0 Å². The Kier molecular flexibility index (Phi) is 4.96. The van der Waals surface area contributed by atoms with E-state index in [2.05, 4.69) is 4.40 Å². The van der Waals surface area contributed by atoms with E-state index < -0.39 is 10.0 Å². The highest BCUT2D eigenvalue weighted by molar-refractivity contribution is 8.16. The number of benzene rings is 2. The molecule has 0 aliphatic carbocycles. The number of aryl methyl sites for hydroxylation is 1. The monoisotopic (exact) mass is 374 g/mol. The summed E-state index contributed by atoms with van der Waals surface area (Å²) < 4.78 is 29.2. The summed E-state index contributed by atoms with van der Waals surface area (Å²) in [5.74, 6) is -0.175. The zero-order valence-electron chi connectivity index (χ0n) is 13.9. The molecule has 1 heterocycles. The third kappa shape index (κ3) is 3.62. The molecule has 0 unspecified atom stereocenters. The Labute approximate surface area is 151 Å². The second-order valence-electron chi connectivity index (χ2n) is 5.62. The molecule has 3 rings (SSSR count). The van der Waals surface area contributed by atoms with Gasteiger partial charge in [-0.3, -0.25) is 9.69 Å². The van der Waals surface area contributed by atoms with Crippen LogP contribution in [0.15, 0.2) is 63.9 Å². The van der Waals surface area contributed by atoms with Crippen molar-refractivity contribution in [1.82, 2.24) is 0 Å². The van der Waals surface area contributed by atoms with Crippen molar-refractivity contribution in [3.63, 3.8) is 0 Å². The van der Waals surface area contributed by atoms with Crippen molar-refractivity contribution >= 4 is 38.5 Å². The molecule has 0 N–H and O–H groups in total. The first-order chi connectivity index (χ1) is 11.9. The van der Waals surface area contributed by atoms with Gasteiger partial charge in [-0.1, -0.05) is 49.0 Å². The number of carbonyl (C=O) groups is 1. The zero-order valence-corrected chi connectivity index (χ0v) is 15.5. The van der Waals surface area contributed by atoms with Crippen LogP contribution in [0.1, 0.15) is 19.4 Å². The van der Waals surface area contributed by atoms with Crippen molar-refractivity contribution in [1.29, 1.82) is 0 Å². The Morgan fingerprint density at radius 3 is 2.32 bits per heavy atom. The summed E-state index contributed by atoms with van der Waals surface area (Å²) in [6.07, 6.45) is 0.832. The second-order valence-corrected chi connectivity index (χ2v) is 8.53. The van der Waals surface area contributed by atoms with Gasteiger partial charge in [-0.25, -0.2) is 0 Å². The van der Waals surface area contributed by atoms with Gasteiger partial charge in [0.05, 0.1) is 15.8 Å². The molecule has 0 bridgehead atoms. The fourth-order valence-corrected chi connectivity index (χ4v) is 4.63. The number of nitrogens with zero attached hydrogens (tertiary/aromatic N) is 2. The van der Waals surface area contributed by atoms with Crippen molar-refractivity contribution < 1.29 is 13.2 Å². The van der Waals surface area contributed by atoms with Gasteiger partial charge < -0.3 is 0 Å². The minimum absolute atomic E-state index is 0.123. The van der Waals surface area contributed by atoms with Gasteiger partial charge in [-0.05, 0) is 43.2 Å². The maximum Gasteiger partial charge on any atom is 0.284 e. The first kappa shape index (κ1) is 17.7. The smallest absolute Gasteiger partial charge is 0.273 e. The zero-order chi connectivity index (χ0) is 18.0. The van der Waals surface area contributed by atoms with Gasteiger partial charge in [0.2, 0.25) is 5.91 Å². The Balaban J connectivity index is 2.01. The number of amidine groups is 1. The number of rotatable bonds is 4. The Bertz CT molecular complexity index is 907. The maximum atomic E-state index is 12.6. The van der Waals surface area contributed by atoms with E-state index in [4.69, 9.17) is 0 Å². The van der Waals surface area contributed by atoms with Gasteiger partial charge >= 0.3 is 0 Å². The number of sulfonamides is 1. The van der Waals surface area contributed by atoms with E-state index in [1.165, 1.54) is 4.90 Å². The lowest BCUT2D eigenvalue weighted by atomic mass is 10.2. The Morgan fingerprint density at radius 1 is 1.08 bits per heavy atom. The van der Waals surface area contributed by atoms with Crippen LogP contribution in [0.2, 0.25) is 0 Å². The minimum Gasteiger partial charge on any atom is -0.273 e. The lowest BCUT2D eigenvalue weighted by molar-refractivity contribution is -0.116. The molecule has 0 spiro atoms. The lowest BCUT2D eigenvalue weighted by Gasteiger charge is -2.15. The molecule has 5 nitrogen and oxygen atoms in total. The summed E-state index contributed by atoms with van der Waals surface area (Å²) in [5, 5.41) is -0.195. The molecule has 2 aromatic rings. The fraction of sp³-hybridized carbons (Fsp3) is 0.222. The van der Waals surface area contributed by atoms with Gasteiger partial charge in [0.25, 0.3) is 10.0 Å². The number of hydrogen-bond acceptors (Lipinski definition) is 4. The normalized spacial score (nSPS) is 19.6. The number of amides is 1. The van der Waals surface area contributed by atoms with Gasteiger partial charge in [0, 0.05) is 0 Å². The standard InChI is InChI=1S/C18H18N2O3S2/c1-3-14-9-11-16(12-10-14)25(22,23)19-18-20(17(21)13(2)24-18)15-7-5-4-6-8-15/h4-13H,3H2,1-2H3/t13-/m1/s1. The maximum absolute atomic E-state index is 12.6. The quantitative estimate of drug-likeness (QED) is 0.822. The third-order valence-corrected chi connectivity index (χ3v) is 6.32. The van der Waals surface area contributed by atoms with E-state index in [0.29, 0.717) is 5.69 Å². The first-order valence-electron chi connectivity index (χ1n) is 7.92. The topological polar surface area (TPSA) is 66.8 Å². The molecule has 25 heavy (non-hydrogen) atoms. The molecule has 1 aliphatic heterocycles. The number of thioether (sulfide) groups is 1. The minimum atomic E-state index is -3.88. The van der Waals surface area contributed by atoms with Crippen LogP contribution in [-0.2, 0) is 21.2 Å². The lowest BCUT2D eigenvalue weighted by Crippen LogP contribution is -2.31. The van der Waals surface area contributed by atoms with Crippen molar-refractivity contribution in [2.75, 3.05) is 4.90 Å². The van der Waals surface area contributed by atoms with Crippen LogP contribution in [0.4, 0.5) is 5.69 Å². The molecule has 0 aromatic heterocycles. The second kappa shape index (κ2) is 7.01. The summed E-state index contributed by atoms with van der Waals surface area (Å²) in [4.78, 5) is 13.9. The summed E-state index contributed by atoms with van der Waals surface area (Å²) in [7, 11) is -3.88. The van der Waals surface area contributed by atoms with E-state index in [-0.39, 0.29) is 21.2 Å². The molecule has 1 amide bonds. The predicted octanol–water partition coefficient (Wildman–Crippen LogP) is 3.46. The average molecular weight is 374 g/mol. The molecule has 0 saturated carbocycles. The molecular formula is C18H18N2O3S2. The number of hydrogen-bond donors (Lipinski definition) is 0. The van der Waals surface area contributed by atoms with Crippen LogP contribution >= 0.6 is 11.8 Å². The Morgan fingerprint density at radius 2 is 1.72 bits per heavy atom. The van der Waals surface area contributed by atoms with Crippen LogP contribution in [0.25, 0.3) is 0 Å². The average Bonchev–Trinajstić information content (AvgIpc) is 2.89. The highest BCUT2D eigenvalue weighted by Crippen LogP contribution is 2.32. The largest absolute Gasteiger partial charge is 0.284 e. The molecule has 1 fully saturated rings. The highest BCUT2D eigenvalue weighted by atomic mass is 32.2.